The van der Waals surface area contributed by atoms with E-state index in [2.05, 4.69) is 0 Å². The number of hydrogen-bond donors (Lipinski definition) is 7. The van der Waals surface area contributed by atoms with Gasteiger partial charge in [0.15, 0.2) is 12.6 Å². The van der Waals surface area contributed by atoms with Gasteiger partial charge in [-0.25, -0.2) is 4.79 Å². The molecular weight excluding hydrogens is 616 g/mol. The molecule has 0 spiro atoms. The third-order valence-corrected chi connectivity index (χ3v) is 10.9. The molecule has 16 nitrogen and oxygen atoms in total. The van der Waals surface area contributed by atoms with Crippen molar-refractivity contribution in [1.29, 1.82) is 0 Å². The summed E-state index contributed by atoms with van der Waals surface area (Å²) < 4.78 is 40.7. The molecule has 16 heteroatoms. The van der Waals surface area contributed by atoms with Gasteiger partial charge in [0, 0.05) is 28.9 Å². The largest absolute Gasteiger partial charge is 0.458 e. The van der Waals surface area contributed by atoms with Crippen molar-refractivity contribution in [3.63, 3.8) is 0 Å². The summed E-state index contributed by atoms with van der Waals surface area (Å²) in [5, 5.41) is 73.5. The molecule has 1 saturated carbocycles. The Morgan fingerprint density at radius 2 is 1.59 bits per heavy atom. The van der Waals surface area contributed by atoms with Crippen LogP contribution in [0.25, 0.3) is 0 Å². The molecule has 4 saturated heterocycles. The van der Waals surface area contributed by atoms with Crippen molar-refractivity contribution in [2.24, 2.45) is 11.3 Å². The summed E-state index contributed by atoms with van der Waals surface area (Å²) in [6.07, 6.45) is -18.8. The third kappa shape index (κ3) is 4.36. The van der Waals surface area contributed by atoms with E-state index in [4.69, 9.17) is 32.8 Å². The number of ether oxygens (including phenoxy) is 6. The van der Waals surface area contributed by atoms with Gasteiger partial charge in [0.2, 0.25) is 0 Å². The summed E-state index contributed by atoms with van der Waals surface area (Å²) in [6, 6.07) is 1.34. The standard InChI is InChI=1S/C30H40O16/c1-8(2)19-13-9(5-12(32)43-19)29(3)23-21(46-28(39)30(23,4)24(38)22-25(29)44-22)20(13)45-26-17(36)15(34)11(7-40-26)42-27-18(37)16(35)14(33)10(6-31)41-27/h5,8,10-11,14-18,20-27,31,33-38H,6-7H2,1-4H3. The highest BCUT2D eigenvalue weighted by Crippen LogP contribution is 2.69. The van der Waals surface area contributed by atoms with Crippen LogP contribution in [-0.4, -0.2) is 135 Å². The van der Waals surface area contributed by atoms with E-state index < -0.39 is 127 Å². The lowest BCUT2D eigenvalue weighted by Crippen LogP contribution is -2.64. The second-order valence-corrected chi connectivity index (χ2v) is 13.9. The van der Waals surface area contributed by atoms with Crippen LogP contribution in [0.15, 0.2) is 15.3 Å². The summed E-state index contributed by atoms with van der Waals surface area (Å²) in [4.78, 5) is 26.4. The first-order valence-electron chi connectivity index (χ1n) is 15.5. The summed E-state index contributed by atoms with van der Waals surface area (Å²) in [7, 11) is 0. The summed E-state index contributed by atoms with van der Waals surface area (Å²) >= 11 is 0. The van der Waals surface area contributed by atoms with Crippen LogP contribution in [0.3, 0.4) is 0 Å². The van der Waals surface area contributed by atoms with Crippen molar-refractivity contribution < 1.29 is 73.4 Å². The van der Waals surface area contributed by atoms with Gasteiger partial charge < -0.3 is 68.6 Å². The first-order chi connectivity index (χ1) is 21.7. The van der Waals surface area contributed by atoms with Gasteiger partial charge in [0.1, 0.15) is 72.2 Å². The van der Waals surface area contributed by atoms with E-state index in [-0.39, 0.29) is 11.7 Å². The first kappa shape index (κ1) is 32.5. The molecule has 17 atom stereocenters. The van der Waals surface area contributed by atoms with Gasteiger partial charge in [-0.3, -0.25) is 4.79 Å². The van der Waals surface area contributed by atoms with Gasteiger partial charge in [-0.2, -0.15) is 0 Å². The molecule has 4 aliphatic heterocycles. The lowest BCUT2D eigenvalue weighted by molar-refractivity contribution is -0.349. The smallest absolute Gasteiger partial charge is 0.336 e. The van der Waals surface area contributed by atoms with Gasteiger partial charge in [0.25, 0.3) is 0 Å². The zero-order valence-corrected chi connectivity index (χ0v) is 25.5. The molecule has 0 radical (unpaired) electrons. The summed E-state index contributed by atoms with van der Waals surface area (Å²) in [5.41, 5.74) is -2.06. The van der Waals surface area contributed by atoms with Gasteiger partial charge in [-0.05, 0) is 12.5 Å². The van der Waals surface area contributed by atoms with Crippen molar-refractivity contribution in [2.45, 2.75) is 125 Å². The predicted octanol–water partition coefficient (Wildman–Crippen LogP) is -2.95. The fourth-order valence-corrected chi connectivity index (χ4v) is 8.48. The highest BCUT2D eigenvalue weighted by molar-refractivity contribution is 5.82. The molecule has 17 unspecified atom stereocenters. The number of aliphatic hydroxyl groups excluding tert-OH is 7. The predicted molar refractivity (Wildman–Crippen MR) is 147 cm³/mol. The van der Waals surface area contributed by atoms with Crippen LogP contribution >= 0.6 is 0 Å². The van der Waals surface area contributed by atoms with Crippen LogP contribution < -0.4 is 5.63 Å². The molecule has 0 bridgehead atoms. The van der Waals surface area contributed by atoms with E-state index in [0.29, 0.717) is 11.1 Å². The monoisotopic (exact) mass is 656 g/mol. The molecule has 7 rings (SSSR count). The minimum atomic E-state index is -1.77. The first-order valence-corrected chi connectivity index (χ1v) is 15.5. The van der Waals surface area contributed by atoms with E-state index in [1.165, 1.54) is 6.07 Å². The zero-order chi connectivity index (χ0) is 33.2. The molecule has 6 aliphatic rings. The Morgan fingerprint density at radius 3 is 2.26 bits per heavy atom. The van der Waals surface area contributed by atoms with Gasteiger partial charge in [0.05, 0.1) is 25.4 Å². The van der Waals surface area contributed by atoms with Crippen LogP contribution in [-0.2, 0) is 38.6 Å². The van der Waals surface area contributed by atoms with E-state index >= 15 is 0 Å². The number of aliphatic hydroxyl groups is 7. The quantitative estimate of drug-likeness (QED) is 0.119. The molecule has 0 aromatic carbocycles. The van der Waals surface area contributed by atoms with Crippen LogP contribution in [0.4, 0.5) is 0 Å². The zero-order valence-electron chi connectivity index (χ0n) is 25.5. The lowest BCUT2D eigenvalue weighted by Gasteiger charge is -2.53. The van der Waals surface area contributed by atoms with Crippen molar-refractivity contribution in [3.8, 4) is 0 Å². The maximum absolute atomic E-state index is 13.5. The van der Waals surface area contributed by atoms with Gasteiger partial charge >= 0.3 is 11.6 Å². The number of epoxide rings is 1. The van der Waals surface area contributed by atoms with E-state index in [0.717, 1.165) is 0 Å². The number of esters is 1. The average molecular weight is 657 g/mol. The van der Waals surface area contributed by atoms with Crippen LogP contribution in [0.5, 0.6) is 0 Å². The number of fused-ring (bicyclic) bond motifs is 4. The number of hydrogen-bond acceptors (Lipinski definition) is 16. The van der Waals surface area contributed by atoms with Crippen LogP contribution in [0.1, 0.15) is 56.6 Å². The highest BCUT2D eigenvalue weighted by atomic mass is 16.7. The Hall–Kier alpha value is -2.06. The second kappa shape index (κ2) is 11.0. The second-order valence-electron chi connectivity index (χ2n) is 13.9. The molecule has 1 aromatic rings. The molecule has 5 heterocycles. The molecule has 2 aliphatic carbocycles. The molecule has 46 heavy (non-hydrogen) atoms. The molecular formula is C30H40O16. The molecule has 7 N–H and O–H groups in total. The topological polar surface area (TPSA) is 248 Å². The highest BCUT2D eigenvalue weighted by Gasteiger charge is 2.80. The Morgan fingerprint density at radius 1 is 0.891 bits per heavy atom. The van der Waals surface area contributed by atoms with Crippen molar-refractivity contribution in [3.05, 3.63) is 33.4 Å². The Labute approximate surface area is 262 Å². The van der Waals surface area contributed by atoms with Crippen LogP contribution in [0, 0.1) is 11.3 Å². The average Bonchev–Trinajstić information content (AvgIpc) is 3.78. The van der Waals surface area contributed by atoms with Gasteiger partial charge in [-0.1, -0.05) is 20.8 Å². The van der Waals surface area contributed by atoms with Crippen molar-refractivity contribution in [1.82, 2.24) is 0 Å². The van der Waals surface area contributed by atoms with Crippen LogP contribution in [0.2, 0.25) is 0 Å². The Kier molecular flexibility index (Phi) is 7.75. The molecule has 256 valence electrons. The fourth-order valence-electron chi connectivity index (χ4n) is 8.48. The normalized spacial score (nSPS) is 50.9. The van der Waals surface area contributed by atoms with E-state index in [1.54, 1.807) is 6.92 Å². The summed E-state index contributed by atoms with van der Waals surface area (Å²) in [6.45, 7) is 6.01. The molecule has 1 aromatic heterocycles. The van der Waals surface area contributed by atoms with Crippen molar-refractivity contribution in [2.75, 3.05) is 13.2 Å². The minimum Gasteiger partial charge on any atom is -0.458 e. The van der Waals surface area contributed by atoms with Gasteiger partial charge in [-0.15, -0.1) is 0 Å². The fraction of sp³-hybridized carbons (Fsp3) is 0.800. The maximum Gasteiger partial charge on any atom is 0.336 e. The molecule has 5 fully saturated rings. The Bertz CT molecular complexity index is 1430. The Balaban J connectivity index is 1.20. The minimum absolute atomic E-state index is 0.273. The number of carbonyl (C=O) groups is 1. The summed E-state index contributed by atoms with van der Waals surface area (Å²) in [5.74, 6) is -1.45. The number of carbonyl (C=O) groups excluding carboxylic acids is 1. The lowest BCUT2D eigenvalue weighted by atomic mass is 9.48. The molecule has 0 amide bonds. The van der Waals surface area contributed by atoms with E-state index in [9.17, 15) is 45.3 Å². The van der Waals surface area contributed by atoms with E-state index in [1.807, 2.05) is 20.8 Å². The maximum atomic E-state index is 13.5. The third-order valence-electron chi connectivity index (χ3n) is 10.9. The van der Waals surface area contributed by atoms with Crippen molar-refractivity contribution >= 4 is 5.97 Å². The number of rotatable bonds is 6. The SMILES string of the molecule is CC(C)c1oc(=O)cc2c1C(OC1OCC(OC3OC(CO)C(O)C(O)C3O)C(O)C1O)C1OC(=O)C3(C)C(O)C4OC4C2(C)C13.